The van der Waals surface area contributed by atoms with Gasteiger partial charge in [-0.15, -0.1) is 0 Å². The summed E-state index contributed by atoms with van der Waals surface area (Å²) >= 11 is 0. The Bertz CT molecular complexity index is 2070. The molecule has 0 heterocycles. The number of fused-ring (bicyclic) bond motifs is 2. The number of aliphatic carboxylic acids is 1. The normalized spacial score (nSPS) is 11.9. The van der Waals surface area contributed by atoms with Crippen LogP contribution in [0.25, 0.3) is 21.5 Å². The number of aliphatic hydroxyl groups is 1. The molecule has 0 amide bonds. The minimum atomic E-state index is -4.73. The number of nitrogens with zero attached hydrogens (tertiary/aromatic N) is 2. The number of halogens is 6. The maximum atomic E-state index is 13.7. The van der Waals surface area contributed by atoms with Gasteiger partial charge in [0.15, 0.2) is 0 Å². The molecule has 5 aromatic carbocycles. The average Bonchev–Trinajstić information content (AvgIpc) is 3.10. The number of carboxylic acid groups (broad SMARTS) is 1. The van der Waals surface area contributed by atoms with Crippen LogP contribution < -0.4 is 10.9 Å². The Morgan fingerprint density at radius 2 is 0.946 bits per heavy atom. The molecule has 295 valence electrons. The third-order valence-corrected chi connectivity index (χ3v) is 9.26. The fraction of sp³-hybridized carbons (Fsp3) is 0.270. The number of benzene rings is 5. The molecule has 0 aliphatic rings. The van der Waals surface area contributed by atoms with Gasteiger partial charge >= 0.3 is 32.6 Å². The minimum Gasteiger partial charge on any atom is -0.481 e. The van der Waals surface area contributed by atoms with Crippen LogP contribution in [0.4, 0.5) is 26.3 Å². The van der Waals surface area contributed by atoms with Gasteiger partial charge in [-0.2, -0.15) is 26.3 Å². The van der Waals surface area contributed by atoms with Crippen molar-refractivity contribution in [3.63, 3.8) is 0 Å². The van der Waals surface area contributed by atoms with Crippen LogP contribution >= 0.6 is 0 Å². The van der Waals surface area contributed by atoms with E-state index < -0.39 is 43.7 Å². The topological polar surface area (TPSA) is 176 Å². The molecule has 5 aromatic rings. The van der Waals surface area contributed by atoms with Crippen molar-refractivity contribution in [2.24, 2.45) is 0 Å². The first-order chi connectivity index (χ1) is 25.5. The van der Waals surface area contributed by atoms with Gasteiger partial charge in [0.05, 0.1) is 24.2 Å². The summed E-state index contributed by atoms with van der Waals surface area (Å²) in [7, 11) is -4.16. The second-order valence-corrected chi connectivity index (χ2v) is 12.9. The van der Waals surface area contributed by atoms with Gasteiger partial charge in [0.2, 0.25) is 0 Å². The maximum Gasteiger partial charge on any atom is 0.488 e. The van der Waals surface area contributed by atoms with Crippen LogP contribution in [0.15, 0.2) is 84.9 Å². The van der Waals surface area contributed by atoms with Gasteiger partial charge in [-0.1, -0.05) is 72.8 Å². The molecule has 19 heteroatoms. The number of hydrogen-bond acceptors (Lipinski definition) is 8. The van der Waals surface area contributed by atoms with E-state index in [0.717, 1.165) is 42.0 Å². The zero-order valence-electron chi connectivity index (χ0n) is 29.7. The molecule has 0 atom stereocenters. The summed E-state index contributed by atoms with van der Waals surface area (Å²) in [6.07, 6.45) is -9.80. The zero-order chi connectivity index (χ0) is 39.4. The first-order valence-electron chi connectivity index (χ1n) is 16.8. The van der Waals surface area contributed by atoms with Crippen molar-refractivity contribution in [2.45, 2.75) is 45.0 Å². The molecule has 5 rings (SSSR count). The van der Waals surface area contributed by atoms with E-state index in [1.165, 1.54) is 0 Å². The van der Waals surface area contributed by atoms with Gasteiger partial charge < -0.3 is 35.8 Å². The number of rotatable bonds is 15. The molecule has 0 aromatic heterocycles. The van der Waals surface area contributed by atoms with Crippen LogP contribution in [0, 0.1) is 0 Å². The number of hydrogen-bond donors (Lipinski definition) is 6. The van der Waals surface area contributed by atoms with Crippen molar-refractivity contribution in [3.8, 4) is 0 Å². The number of aliphatic hydroxyl groups excluding tert-OH is 1. The van der Waals surface area contributed by atoms with E-state index in [2.05, 4.69) is 0 Å². The van der Waals surface area contributed by atoms with Crippen molar-refractivity contribution < 1.29 is 99.6 Å². The Labute approximate surface area is 343 Å². The Morgan fingerprint density at radius 1 is 0.589 bits per heavy atom. The number of carboxylic acids is 1. The van der Waals surface area contributed by atoms with E-state index in [1.807, 2.05) is 24.3 Å². The largest absolute Gasteiger partial charge is 0.488 e. The van der Waals surface area contributed by atoms with Crippen LogP contribution in [-0.2, 0) is 76.0 Å². The molecule has 0 unspecified atom stereocenters. The SMILES string of the molecule is O.O=C(O)CCN(Cc1cc(C(F)(F)F)ccc1B(O)O)Cc1c2ccccc2c(CN(CCO)Cc2cc(C(F)(F)F)ccc2B(O)O)c2ccccc12.[Y]. The molecule has 0 saturated heterocycles. The number of carbonyl (C=O) groups is 1. The summed E-state index contributed by atoms with van der Waals surface area (Å²) in [5.74, 6) is -1.15. The minimum absolute atomic E-state index is 0. The van der Waals surface area contributed by atoms with Crippen molar-refractivity contribution in [1.29, 1.82) is 0 Å². The van der Waals surface area contributed by atoms with Gasteiger partial charge in [0.25, 0.3) is 0 Å². The van der Waals surface area contributed by atoms with E-state index in [-0.39, 0.29) is 113 Å². The first-order valence-corrected chi connectivity index (χ1v) is 16.8. The summed E-state index contributed by atoms with van der Waals surface area (Å²) in [4.78, 5) is 15.0. The molecule has 0 aliphatic heterocycles. The van der Waals surface area contributed by atoms with Crippen molar-refractivity contribution >= 4 is 52.7 Å². The predicted octanol–water partition coefficient (Wildman–Crippen LogP) is 3.03. The molecule has 0 aliphatic carbocycles. The van der Waals surface area contributed by atoms with Crippen LogP contribution in [0.1, 0.15) is 39.8 Å². The average molecular weight is 863 g/mol. The van der Waals surface area contributed by atoms with Crippen molar-refractivity contribution in [2.75, 3.05) is 19.7 Å². The van der Waals surface area contributed by atoms with E-state index in [1.54, 1.807) is 34.1 Å². The quantitative estimate of drug-likeness (QED) is 0.0525. The Balaban J connectivity index is 0.00000420. The predicted molar refractivity (Wildman–Crippen MR) is 195 cm³/mol. The molecule has 8 N–H and O–H groups in total. The monoisotopic (exact) mass is 863 g/mol. The van der Waals surface area contributed by atoms with Gasteiger partial charge in [0.1, 0.15) is 0 Å². The smallest absolute Gasteiger partial charge is 0.481 e. The Morgan fingerprint density at radius 3 is 1.25 bits per heavy atom. The second kappa shape index (κ2) is 19.8. The van der Waals surface area contributed by atoms with E-state index in [4.69, 9.17) is 0 Å². The van der Waals surface area contributed by atoms with Crippen LogP contribution in [0.3, 0.4) is 0 Å². The molecular weight excluding hydrogens is 825 g/mol. The second-order valence-electron chi connectivity index (χ2n) is 12.9. The van der Waals surface area contributed by atoms with Crippen molar-refractivity contribution in [1.82, 2.24) is 9.80 Å². The zero-order valence-corrected chi connectivity index (χ0v) is 32.6. The molecule has 1 radical (unpaired) electrons. The summed E-state index contributed by atoms with van der Waals surface area (Å²) in [5, 5.41) is 62.2. The molecule has 10 nitrogen and oxygen atoms in total. The molecular formula is C37H38B2F6N2O8Y. The fourth-order valence-electron chi connectivity index (χ4n) is 6.74. The molecule has 56 heavy (non-hydrogen) atoms. The summed E-state index contributed by atoms with van der Waals surface area (Å²) in [6.45, 7) is -0.839. The Kier molecular flexibility index (Phi) is 16.6. The number of alkyl halides is 6. The molecule has 0 bridgehead atoms. The van der Waals surface area contributed by atoms with Crippen molar-refractivity contribution in [3.05, 3.63) is 118 Å². The first kappa shape index (κ1) is 47.0. The van der Waals surface area contributed by atoms with Crippen LogP contribution in [-0.4, -0.2) is 85.5 Å². The van der Waals surface area contributed by atoms with E-state index in [0.29, 0.717) is 27.1 Å². The fourth-order valence-corrected chi connectivity index (χ4v) is 6.74. The van der Waals surface area contributed by atoms with Gasteiger partial charge in [0, 0.05) is 72.0 Å². The van der Waals surface area contributed by atoms with Crippen LogP contribution in [0.2, 0.25) is 0 Å². The third-order valence-electron chi connectivity index (χ3n) is 9.26. The molecule has 0 spiro atoms. The van der Waals surface area contributed by atoms with E-state index >= 15 is 0 Å². The molecule has 0 saturated carbocycles. The third kappa shape index (κ3) is 11.4. The van der Waals surface area contributed by atoms with Gasteiger partial charge in [-0.05, 0) is 66.9 Å². The maximum absolute atomic E-state index is 13.7. The van der Waals surface area contributed by atoms with Crippen LogP contribution in [0.5, 0.6) is 0 Å². The molecule has 0 fully saturated rings. The van der Waals surface area contributed by atoms with E-state index in [9.17, 15) is 61.4 Å². The summed E-state index contributed by atoms with van der Waals surface area (Å²) < 4.78 is 82.1. The summed E-state index contributed by atoms with van der Waals surface area (Å²) in [5.41, 5.74) is -0.956. The standard InChI is InChI=1S/C37H36B2F6N2O7.H2O.Y/c40-36(41,42)25-9-11-33(38(51)52)23(17-25)19-46(14-13-35(49)50)21-31-27-5-1-3-7-29(27)32(30-8-4-2-6-28(30)31)22-47(15-16-48)20-24-18-26(37(43,44)45)10-12-34(24)39(53)54;;/h1-12,17-18,48,51-54H,13-16,19-22H2,(H,49,50);1H2;. The van der Waals surface area contributed by atoms with Gasteiger partial charge in [-0.25, -0.2) is 0 Å². The van der Waals surface area contributed by atoms with Gasteiger partial charge in [-0.3, -0.25) is 14.6 Å². The Hall–Kier alpha value is -3.42. The summed E-state index contributed by atoms with van der Waals surface area (Å²) in [6, 6.07) is 19.5.